The van der Waals surface area contributed by atoms with E-state index >= 15 is 0 Å². The fourth-order valence-electron chi connectivity index (χ4n) is 5.79. The van der Waals surface area contributed by atoms with Crippen LogP contribution in [0.15, 0.2) is 24.4 Å². The van der Waals surface area contributed by atoms with Crippen molar-refractivity contribution in [3.05, 3.63) is 35.8 Å². The number of aromatic nitrogens is 1. The number of hydrogen-bond donors (Lipinski definition) is 1. The molecule has 0 unspecified atom stereocenters. The maximum atomic E-state index is 14.1. The number of hydrogen-bond acceptors (Lipinski definition) is 5. The summed E-state index contributed by atoms with van der Waals surface area (Å²) in [6.07, 6.45) is 10.6. The molecule has 1 amide bonds. The Balaban J connectivity index is 1.38. The van der Waals surface area contributed by atoms with Gasteiger partial charge in [0, 0.05) is 37.8 Å². The molecule has 1 aromatic carbocycles. The van der Waals surface area contributed by atoms with E-state index in [9.17, 15) is 9.18 Å². The lowest BCUT2D eigenvalue weighted by Crippen LogP contribution is -2.50. The van der Waals surface area contributed by atoms with Gasteiger partial charge in [0.05, 0.1) is 44.6 Å². The van der Waals surface area contributed by atoms with E-state index in [-0.39, 0.29) is 17.8 Å². The second-order valence-corrected chi connectivity index (χ2v) is 10.2. The number of benzene rings is 1. The van der Waals surface area contributed by atoms with Gasteiger partial charge in [0.2, 0.25) is 5.91 Å². The molecular weight excluding hydrogens is 461 g/mol. The van der Waals surface area contributed by atoms with Gasteiger partial charge in [-0.25, -0.2) is 4.39 Å². The molecule has 1 aromatic heterocycles. The molecule has 0 spiro atoms. The van der Waals surface area contributed by atoms with Gasteiger partial charge >= 0.3 is 0 Å². The smallest absolute Gasteiger partial charge is 0.240 e. The van der Waals surface area contributed by atoms with Crippen LogP contribution in [0.2, 0.25) is 0 Å². The molecule has 2 aromatic rings. The number of rotatable bonds is 13. The fraction of sp³-hybridized carbons (Fsp3) is 0.679. The van der Waals surface area contributed by atoms with Gasteiger partial charge in [-0.05, 0) is 61.8 Å². The molecule has 36 heavy (non-hydrogen) atoms. The number of halogens is 1. The first-order valence-electron chi connectivity index (χ1n) is 13.6. The summed E-state index contributed by atoms with van der Waals surface area (Å²) in [5, 5.41) is 1.04. The quantitative estimate of drug-likeness (QED) is 0.420. The van der Waals surface area contributed by atoms with Crippen LogP contribution >= 0.6 is 0 Å². The lowest BCUT2D eigenvalue weighted by molar-refractivity contribution is -0.135. The molecule has 2 atom stereocenters. The first-order valence-corrected chi connectivity index (χ1v) is 13.6. The van der Waals surface area contributed by atoms with Crippen LogP contribution in [-0.2, 0) is 32.0 Å². The third-order valence-corrected chi connectivity index (χ3v) is 7.77. The number of likely N-dealkylation sites (tertiary alicyclic amines) is 1. The molecule has 7 nitrogen and oxygen atoms in total. The average Bonchev–Trinajstić information content (AvgIpc) is 3.50. The van der Waals surface area contributed by atoms with Crippen molar-refractivity contribution in [1.29, 1.82) is 0 Å². The molecule has 0 bridgehead atoms. The van der Waals surface area contributed by atoms with Crippen LogP contribution in [0, 0.1) is 11.7 Å². The Morgan fingerprint density at radius 3 is 2.58 bits per heavy atom. The van der Waals surface area contributed by atoms with Crippen LogP contribution in [0.3, 0.4) is 0 Å². The van der Waals surface area contributed by atoms with E-state index in [0.29, 0.717) is 45.5 Å². The number of carbonyl (C=O) groups excluding carboxylic acids is 1. The number of methoxy groups -OCH3 is 1. The number of fused-ring (bicyclic) bond motifs is 1. The topological polar surface area (TPSA) is 79.0 Å². The van der Waals surface area contributed by atoms with Crippen molar-refractivity contribution < 1.29 is 23.4 Å². The molecule has 0 radical (unpaired) electrons. The van der Waals surface area contributed by atoms with Gasteiger partial charge in [0.15, 0.2) is 0 Å². The zero-order chi connectivity index (χ0) is 25.3. The van der Waals surface area contributed by atoms with E-state index in [1.165, 1.54) is 25.3 Å². The molecule has 2 fully saturated rings. The highest BCUT2D eigenvalue weighted by atomic mass is 19.1. The normalized spacial score (nSPS) is 19.9. The highest BCUT2D eigenvalue weighted by molar-refractivity contribution is 5.85. The van der Waals surface area contributed by atoms with Gasteiger partial charge in [-0.15, -0.1) is 0 Å². The number of nitrogens with two attached hydrogens (primary N) is 1. The van der Waals surface area contributed by atoms with E-state index in [1.54, 1.807) is 13.2 Å². The third-order valence-electron chi connectivity index (χ3n) is 7.77. The van der Waals surface area contributed by atoms with Crippen LogP contribution < -0.4 is 5.73 Å². The molecule has 4 rings (SSSR count). The Morgan fingerprint density at radius 1 is 1.06 bits per heavy atom. The summed E-state index contributed by atoms with van der Waals surface area (Å²) in [5.41, 5.74) is 8.49. The summed E-state index contributed by atoms with van der Waals surface area (Å²) in [6, 6.07) is 4.70. The maximum absolute atomic E-state index is 14.1. The standard InChI is InChI=1S/C28H42FN3O4/c1-34-14-15-36-17-16-35-13-12-31-20-22(25-10-9-23(29)19-26(25)31)18-24-8-5-11-32(24)28(33)27(30)21-6-3-2-4-7-21/h9-10,19-21,24,27H,2-8,11-18,30H2,1H3/t24-,27-/m0/s1. The van der Waals surface area contributed by atoms with Crippen LogP contribution in [0.25, 0.3) is 10.9 Å². The molecule has 200 valence electrons. The molecular formula is C28H42FN3O4. The number of carbonyl (C=O) groups is 1. The first-order chi connectivity index (χ1) is 17.6. The Morgan fingerprint density at radius 2 is 1.81 bits per heavy atom. The molecule has 8 heteroatoms. The van der Waals surface area contributed by atoms with E-state index in [0.717, 1.165) is 55.1 Å². The minimum Gasteiger partial charge on any atom is -0.382 e. The average molecular weight is 504 g/mol. The van der Waals surface area contributed by atoms with E-state index < -0.39 is 6.04 Å². The minimum atomic E-state index is -0.392. The predicted octanol–water partition coefficient (Wildman–Crippen LogP) is 3.90. The van der Waals surface area contributed by atoms with Gasteiger partial charge in [-0.2, -0.15) is 0 Å². The third kappa shape index (κ3) is 6.85. The van der Waals surface area contributed by atoms with Crippen molar-refractivity contribution in [2.75, 3.05) is 46.7 Å². The molecule has 2 N–H and O–H groups in total. The maximum Gasteiger partial charge on any atom is 0.240 e. The Kier molecular flexibility index (Phi) is 10.2. The Hall–Kier alpha value is -2.00. The van der Waals surface area contributed by atoms with Crippen LogP contribution in [0.4, 0.5) is 4.39 Å². The van der Waals surface area contributed by atoms with Gasteiger partial charge < -0.3 is 29.4 Å². The predicted molar refractivity (Wildman–Crippen MR) is 138 cm³/mol. The molecule has 1 aliphatic carbocycles. The van der Waals surface area contributed by atoms with E-state index in [2.05, 4.69) is 10.8 Å². The molecule has 1 aliphatic heterocycles. The minimum absolute atomic E-state index is 0.111. The zero-order valence-corrected chi connectivity index (χ0v) is 21.6. The van der Waals surface area contributed by atoms with Crippen molar-refractivity contribution in [1.82, 2.24) is 9.47 Å². The largest absolute Gasteiger partial charge is 0.382 e. The van der Waals surface area contributed by atoms with Crippen molar-refractivity contribution in [2.45, 2.75) is 70.0 Å². The molecule has 1 saturated heterocycles. The summed E-state index contributed by atoms with van der Waals surface area (Å²) < 4.78 is 32.3. The number of nitrogens with zero attached hydrogens (tertiary/aromatic N) is 2. The van der Waals surface area contributed by atoms with Crippen molar-refractivity contribution in [3.63, 3.8) is 0 Å². The lowest BCUT2D eigenvalue weighted by atomic mass is 9.83. The van der Waals surface area contributed by atoms with Crippen LogP contribution in [0.5, 0.6) is 0 Å². The van der Waals surface area contributed by atoms with Crippen LogP contribution in [-0.4, -0.2) is 74.1 Å². The van der Waals surface area contributed by atoms with Gasteiger partial charge in [-0.1, -0.05) is 19.3 Å². The van der Waals surface area contributed by atoms with E-state index in [1.807, 2.05) is 11.0 Å². The zero-order valence-electron chi connectivity index (χ0n) is 21.6. The van der Waals surface area contributed by atoms with Gasteiger partial charge in [0.25, 0.3) is 0 Å². The first kappa shape index (κ1) is 27.0. The SMILES string of the molecule is COCCOCCOCCn1cc(C[C@@H]2CCCN2C(=O)[C@@H](N)C2CCCCC2)c2ccc(F)cc21. The number of amides is 1. The van der Waals surface area contributed by atoms with Crippen molar-refractivity contribution in [2.24, 2.45) is 11.7 Å². The molecule has 1 saturated carbocycles. The summed E-state index contributed by atoms with van der Waals surface area (Å²) in [5.74, 6) is 0.167. The lowest BCUT2D eigenvalue weighted by Gasteiger charge is -2.32. The molecule has 2 heterocycles. The second kappa shape index (κ2) is 13.5. The van der Waals surface area contributed by atoms with Crippen LogP contribution in [0.1, 0.15) is 50.5 Å². The summed E-state index contributed by atoms with van der Waals surface area (Å²) in [6.45, 7) is 4.05. The Bertz CT molecular complexity index is 975. The highest BCUT2D eigenvalue weighted by Crippen LogP contribution is 2.31. The second-order valence-electron chi connectivity index (χ2n) is 10.2. The number of ether oxygens (including phenoxy) is 3. The summed E-state index contributed by atoms with van der Waals surface area (Å²) in [7, 11) is 1.65. The summed E-state index contributed by atoms with van der Waals surface area (Å²) in [4.78, 5) is 15.4. The molecule has 2 aliphatic rings. The van der Waals surface area contributed by atoms with E-state index in [4.69, 9.17) is 19.9 Å². The highest BCUT2D eigenvalue weighted by Gasteiger charge is 2.35. The van der Waals surface area contributed by atoms with Gasteiger partial charge in [0.1, 0.15) is 5.82 Å². The monoisotopic (exact) mass is 503 g/mol. The van der Waals surface area contributed by atoms with Crippen molar-refractivity contribution in [3.8, 4) is 0 Å². The fourth-order valence-corrected chi connectivity index (χ4v) is 5.79. The van der Waals surface area contributed by atoms with Gasteiger partial charge in [-0.3, -0.25) is 4.79 Å². The Labute approximate surface area is 214 Å². The summed E-state index contributed by atoms with van der Waals surface area (Å²) >= 11 is 0. The van der Waals surface area contributed by atoms with Crippen molar-refractivity contribution >= 4 is 16.8 Å².